The highest BCUT2D eigenvalue weighted by Crippen LogP contribution is 2.26. The number of rotatable bonds is 2. The molecule has 0 aliphatic rings. The van der Waals surface area contributed by atoms with Gasteiger partial charge < -0.3 is 0 Å². The van der Waals surface area contributed by atoms with Crippen LogP contribution in [0, 0.1) is 13.8 Å². The van der Waals surface area contributed by atoms with E-state index in [2.05, 4.69) is 31.0 Å². The zero-order valence-electron chi connectivity index (χ0n) is 11.3. The second-order valence-electron chi connectivity index (χ2n) is 4.95. The standard InChI is InChI=1S/C16H14Cl2N2/c1-10-5-14-16(6-11(10)2)20(9-19-14)15-7-13(18)4-3-12(15)8-17/h3-7,9H,8H2,1-2H3. The van der Waals surface area contributed by atoms with Gasteiger partial charge in [-0.1, -0.05) is 17.7 Å². The predicted molar refractivity (Wildman–Crippen MR) is 85.1 cm³/mol. The van der Waals surface area contributed by atoms with E-state index in [1.807, 2.05) is 29.1 Å². The van der Waals surface area contributed by atoms with E-state index in [0.717, 1.165) is 22.3 Å². The molecular weight excluding hydrogens is 291 g/mol. The summed E-state index contributed by atoms with van der Waals surface area (Å²) in [7, 11) is 0. The fourth-order valence-corrected chi connectivity index (χ4v) is 2.72. The van der Waals surface area contributed by atoms with Crippen LogP contribution in [-0.4, -0.2) is 9.55 Å². The molecule has 0 N–H and O–H groups in total. The lowest BCUT2D eigenvalue weighted by Gasteiger charge is -2.10. The number of aromatic nitrogens is 2. The van der Waals surface area contributed by atoms with Crippen molar-refractivity contribution in [3.63, 3.8) is 0 Å². The van der Waals surface area contributed by atoms with Gasteiger partial charge in [0.1, 0.15) is 6.33 Å². The molecule has 0 atom stereocenters. The van der Waals surface area contributed by atoms with E-state index in [0.29, 0.717) is 10.9 Å². The van der Waals surface area contributed by atoms with Crippen molar-refractivity contribution in [3.8, 4) is 5.69 Å². The average molecular weight is 305 g/mol. The Morgan fingerprint density at radius 3 is 2.60 bits per heavy atom. The third kappa shape index (κ3) is 2.19. The minimum absolute atomic E-state index is 0.441. The lowest BCUT2D eigenvalue weighted by atomic mass is 10.1. The predicted octanol–water partition coefficient (Wildman–Crippen LogP) is 5.03. The molecule has 0 unspecified atom stereocenters. The Hall–Kier alpha value is -1.51. The first-order valence-electron chi connectivity index (χ1n) is 6.39. The van der Waals surface area contributed by atoms with Crippen molar-refractivity contribution in [2.45, 2.75) is 19.7 Å². The molecular formula is C16H14Cl2N2. The topological polar surface area (TPSA) is 17.8 Å². The number of benzene rings is 2. The van der Waals surface area contributed by atoms with Gasteiger partial charge in [-0.25, -0.2) is 4.98 Å². The number of fused-ring (bicyclic) bond motifs is 1. The molecule has 2 aromatic carbocycles. The quantitative estimate of drug-likeness (QED) is 0.607. The summed E-state index contributed by atoms with van der Waals surface area (Å²) in [4.78, 5) is 4.48. The van der Waals surface area contributed by atoms with Gasteiger partial charge in [-0.2, -0.15) is 0 Å². The summed E-state index contributed by atoms with van der Waals surface area (Å²) in [6, 6.07) is 9.99. The highest BCUT2D eigenvalue weighted by molar-refractivity contribution is 6.30. The largest absolute Gasteiger partial charge is 0.298 e. The van der Waals surface area contributed by atoms with Crippen LogP contribution in [-0.2, 0) is 5.88 Å². The monoisotopic (exact) mass is 304 g/mol. The molecule has 0 amide bonds. The van der Waals surface area contributed by atoms with Crippen molar-refractivity contribution in [2.75, 3.05) is 0 Å². The lowest BCUT2D eigenvalue weighted by molar-refractivity contribution is 1.07. The van der Waals surface area contributed by atoms with E-state index < -0.39 is 0 Å². The lowest BCUT2D eigenvalue weighted by Crippen LogP contribution is -1.97. The third-order valence-corrected chi connectivity index (χ3v) is 4.14. The Balaban J connectivity index is 2.30. The first kappa shape index (κ1) is 13.5. The molecule has 102 valence electrons. The molecule has 0 spiro atoms. The van der Waals surface area contributed by atoms with Crippen molar-refractivity contribution in [3.05, 3.63) is 58.4 Å². The van der Waals surface area contributed by atoms with Gasteiger partial charge in [0.25, 0.3) is 0 Å². The van der Waals surface area contributed by atoms with Crippen LogP contribution in [0.25, 0.3) is 16.7 Å². The van der Waals surface area contributed by atoms with Crippen LogP contribution in [0.2, 0.25) is 5.02 Å². The summed E-state index contributed by atoms with van der Waals surface area (Å²) < 4.78 is 2.05. The summed E-state index contributed by atoms with van der Waals surface area (Å²) in [5, 5.41) is 0.694. The maximum absolute atomic E-state index is 6.12. The molecule has 2 nitrogen and oxygen atoms in total. The molecule has 1 heterocycles. The number of alkyl halides is 1. The van der Waals surface area contributed by atoms with Crippen LogP contribution in [0.15, 0.2) is 36.7 Å². The van der Waals surface area contributed by atoms with Gasteiger partial charge in [0.2, 0.25) is 0 Å². The number of nitrogens with zero attached hydrogens (tertiary/aromatic N) is 2. The van der Waals surface area contributed by atoms with Gasteiger partial charge in [-0.15, -0.1) is 11.6 Å². The number of imidazole rings is 1. The van der Waals surface area contributed by atoms with Crippen molar-refractivity contribution >= 4 is 34.2 Å². The molecule has 20 heavy (non-hydrogen) atoms. The molecule has 0 aliphatic carbocycles. The van der Waals surface area contributed by atoms with Gasteiger partial charge in [-0.05, 0) is 54.8 Å². The van der Waals surface area contributed by atoms with Crippen LogP contribution in [0.1, 0.15) is 16.7 Å². The van der Waals surface area contributed by atoms with E-state index in [-0.39, 0.29) is 0 Å². The highest BCUT2D eigenvalue weighted by atomic mass is 35.5. The Bertz CT molecular complexity index is 791. The second-order valence-corrected chi connectivity index (χ2v) is 5.65. The summed E-state index contributed by atoms with van der Waals surface area (Å²) in [6.07, 6.45) is 1.82. The average Bonchev–Trinajstić information content (AvgIpc) is 2.82. The number of hydrogen-bond acceptors (Lipinski definition) is 1. The Kier molecular flexibility index (Phi) is 3.45. The van der Waals surface area contributed by atoms with Crippen LogP contribution in [0.5, 0.6) is 0 Å². The van der Waals surface area contributed by atoms with Crippen molar-refractivity contribution in [2.24, 2.45) is 0 Å². The molecule has 0 fully saturated rings. The van der Waals surface area contributed by atoms with Gasteiger partial charge in [-0.3, -0.25) is 4.57 Å². The molecule has 0 radical (unpaired) electrons. The Morgan fingerprint density at radius 1 is 1.10 bits per heavy atom. The molecule has 0 aliphatic heterocycles. The van der Waals surface area contributed by atoms with E-state index in [9.17, 15) is 0 Å². The minimum Gasteiger partial charge on any atom is -0.298 e. The first-order chi connectivity index (χ1) is 9.60. The number of aryl methyl sites for hydroxylation is 2. The SMILES string of the molecule is Cc1cc2ncn(-c3cc(Cl)ccc3CCl)c2cc1C. The van der Waals surface area contributed by atoms with E-state index in [1.165, 1.54) is 11.1 Å². The zero-order valence-corrected chi connectivity index (χ0v) is 12.8. The van der Waals surface area contributed by atoms with Crippen molar-refractivity contribution < 1.29 is 0 Å². The molecule has 1 aromatic heterocycles. The maximum Gasteiger partial charge on any atom is 0.100 e. The molecule has 0 bridgehead atoms. The van der Waals surface area contributed by atoms with Gasteiger partial charge >= 0.3 is 0 Å². The van der Waals surface area contributed by atoms with Crippen LogP contribution >= 0.6 is 23.2 Å². The molecule has 0 saturated heterocycles. The summed E-state index contributed by atoms with van der Waals surface area (Å²) in [5.41, 5.74) is 6.56. The fourth-order valence-electron chi connectivity index (χ4n) is 2.33. The van der Waals surface area contributed by atoms with E-state index >= 15 is 0 Å². The molecule has 3 aromatic rings. The van der Waals surface area contributed by atoms with Crippen LogP contribution < -0.4 is 0 Å². The molecule has 3 rings (SSSR count). The number of hydrogen-bond donors (Lipinski definition) is 0. The van der Waals surface area contributed by atoms with Gasteiger partial charge in [0, 0.05) is 10.9 Å². The van der Waals surface area contributed by atoms with Crippen molar-refractivity contribution in [1.29, 1.82) is 0 Å². The highest BCUT2D eigenvalue weighted by Gasteiger charge is 2.10. The van der Waals surface area contributed by atoms with E-state index in [4.69, 9.17) is 23.2 Å². The number of halogens is 2. The summed E-state index contributed by atoms with van der Waals surface area (Å²) in [6.45, 7) is 4.20. The van der Waals surface area contributed by atoms with E-state index in [1.54, 1.807) is 0 Å². The zero-order chi connectivity index (χ0) is 14.3. The summed E-state index contributed by atoms with van der Waals surface area (Å²) >= 11 is 12.2. The summed E-state index contributed by atoms with van der Waals surface area (Å²) in [5.74, 6) is 0.441. The normalized spacial score (nSPS) is 11.2. The van der Waals surface area contributed by atoms with Gasteiger partial charge in [0.05, 0.1) is 16.7 Å². The minimum atomic E-state index is 0.441. The fraction of sp³-hybridized carbons (Fsp3) is 0.188. The third-order valence-electron chi connectivity index (χ3n) is 3.61. The maximum atomic E-state index is 6.12. The molecule has 0 saturated carbocycles. The Morgan fingerprint density at radius 2 is 1.85 bits per heavy atom. The molecule has 4 heteroatoms. The van der Waals surface area contributed by atoms with Crippen molar-refractivity contribution in [1.82, 2.24) is 9.55 Å². The smallest absolute Gasteiger partial charge is 0.100 e. The Labute approximate surface area is 128 Å². The van der Waals surface area contributed by atoms with Crippen LogP contribution in [0.4, 0.5) is 0 Å². The van der Waals surface area contributed by atoms with Crippen LogP contribution in [0.3, 0.4) is 0 Å². The van der Waals surface area contributed by atoms with Gasteiger partial charge in [0.15, 0.2) is 0 Å². The first-order valence-corrected chi connectivity index (χ1v) is 7.30. The second kappa shape index (κ2) is 5.12.